The van der Waals surface area contributed by atoms with Crippen molar-refractivity contribution in [3.63, 3.8) is 0 Å². The maximum atomic E-state index is 5.57. The molecule has 21 heavy (non-hydrogen) atoms. The summed E-state index contributed by atoms with van der Waals surface area (Å²) in [6.45, 7) is 2.85. The molecule has 0 saturated heterocycles. The van der Waals surface area contributed by atoms with Crippen molar-refractivity contribution in [2.24, 2.45) is 0 Å². The predicted molar refractivity (Wildman–Crippen MR) is 81.5 cm³/mol. The fourth-order valence-electron chi connectivity index (χ4n) is 2.40. The van der Waals surface area contributed by atoms with Crippen molar-refractivity contribution in [3.8, 4) is 17.0 Å². The number of pyridine rings is 1. The van der Waals surface area contributed by atoms with E-state index in [2.05, 4.69) is 17.4 Å². The van der Waals surface area contributed by atoms with Crippen molar-refractivity contribution in [1.82, 2.24) is 10.3 Å². The minimum atomic E-state index is 0.566. The Morgan fingerprint density at radius 1 is 1.05 bits per heavy atom. The zero-order valence-electron chi connectivity index (χ0n) is 12.2. The Morgan fingerprint density at radius 3 is 2.71 bits per heavy atom. The van der Waals surface area contributed by atoms with Gasteiger partial charge in [-0.1, -0.05) is 6.07 Å². The predicted octanol–water partition coefficient (Wildman–Crippen LogP) is 2.43. The van der Waals surface area contributed by atoms with E-state index in [4.69, 9.17) is 14.5 Å². The van der Waals surface area contributed by atoms with Crippen LogP contribution in [0, 0.1) is 0 Å². The van der Waals surface area contributed by atoms with Crippen LogP contribution in [0.5, 0.6) is 5.75 Å². The van der Waals surface area contributed by atoms with E-state index in [1.165, 1.54) is 11.3 Å². The van der Waals surface area contributed by atoms with Crippen LogP contribution in [0.15, 0.2) is 36.4 Å². The smallest absolute Gasteiger partial charge is 0.119 e. The van der Waals surface area contributed by atoms with Gasteiger partial charge in [-0.3, -0.25) is 4.98 Å². The third-order valence-electron chi connectivity index (χ3n) is 3.56. The summed E-state index contributed by atoms with van der Waals surface area (Å²) in [5.41, 5.74) is 4.56. The Kier molecular flexibility index (Phi) is 4.48. The highest BCUT2D eigenvalue weighted by Gasteiger charge is 2.11. The lowest BCUT2D eigenvalue weighted by Crippen LogP contribution is -2.18. The molecule has 0 unspecified atom stereocenters. The lowest BCUT2D eigenvalue weighted by Gasteiger charge is -2.15. The van der Waals surface area contributed by atoms with Crippen LogP contribution in [0.4, 0.5) is 0 Å². The van der Waals surface area contributed by atoms with Crippen LogP contribution in [0.1, 0.15) is 11.3 Å². The third kappa shape index (κ3) is 3.40. The van der Waals surface area contributed by atoms with Crippen molar-refractivity contribution in [1.29, 1.82) is 0 Å². The molecule has 1 aliphatic heterocycles. The highest BCUT2D eigenvalue weighted by molar-refractivity contribution is 5.60. The van der Waals surface area contributed by atoms with Gasteiger partial charge in [-0.25, -0.2) is 5.32 Å². The lowest BCUT2D eigenvalue weighted by atomic mass is 10.0. The van der Waals surface area contributed by atoms with Gasteiger partial charge in [-0.05, 0) is 35.9 Å². The Balaban J connectivity index is 1.74. The monoisotopic (exact) mass is 283 g/mol. The maximum Gasteiger partial charge on any atom is 0.119 e. The normalized spacial score (nSPS) is 13.8. The highest BCUT2D eigenvalue weighted by atomic mass is 16.5. The van der Waals surface area contributed by atoms with E-state index in [0.717, 1.165) is 36.5 Å². The van der Waals surface area contributed by atoms with Crippen molar-refractivity contribution in [2.75, 3.05) is 26.9 Å². The summed E-state index contributed by atoms with van der Waals surface area (Å²) >= 11 is 0. The second-order valence-electron chi connectivity index (χ2n) is 5.02. The van der Waals surface area contributed by atoms with Crippen molar-refractivity contribution >= 4 is 0 Å². The topological polar surface area (TPSA) is 45.5 Å². The van der Waals surface area contributed by atoms with Gasteiger partial charge in [0.25, 0.3) is 0 Å². The van der Waals surface area contributed by atoms with Gasteiger partial charge in [0.1, 0.15) is 12.4 Å². The second-order valence-corrected chi connectivity index (χ2v) is 5.02. The first kappa shape index (κ1) is 14.0. The fraction of sp³-hybridized carbons (Fsp3) is 0.353. The summed E-state index contributed by atoms with van der Waals surface area (Å²) in [7, 11) is 1.67. The molecule has 0 amide bonds. The molecule has 3 rings (SSSR count). The highest BCUT2D eigenvalue weighted by Crippen LogP contribution is 2.23. The zero-order chi connectivity index (χ0) is 14.5. The molecular formula is C17H19N2O2. The van der Waals surface area contributed by atoms with Crippen LogP contribution < -0.4 is 10.1 Å². The van der Waals surface area contributed by atoms with Crippen LogP contribution in [0.25, 0.3) is 11.3 Å². The Labute approximate surface area is 125 Å². The SMILES string of the molecule is COCCOc1ccc(-c2ccc3c(n2)CC[N]C3)cc1. The number of hydrogen-bond acceptors (Lipinski definition) is 3. The van der Waals surface area contributed by atoms with Crippen LogP contribution >= 0.6 is 0 Å². The second kappa shape index (κ2) is 6.70. The van der Waals surface area contributed by atoms with Gasteiger partial charge in [0.05, 0.1) is 12.3 Å². The summed E-state index contributed by atoms with van der Waals surface area (Å²) in [4.78, 5) is 4.77. The first-order chi connectivity index (χ1) is 10.4. The van der Waals surface area contributed by atoms with Crippen molar-refractivity contribution in [3.05, 3.63) is 47.7 Å². The number of methoxy groups -OCH3 is 1. The van der Waals surface area contributed by atoms with E-state index in [1.807, 2.05) is 24.3 Å². The van der Waals surface area contributed by atoms with E-state index in [1.54, 1.807) is 7.11 Å². The van der Waals surface area contributed by atoms with Gasteiger partial charge in [-0.2, -0.15) is 0 Å². The zero-order valence-corrected chi connectivity index (χ0v) is 12.2. The average Bonchev–Trinajstić information content (AvgIpc) is 2.55. The molecule has 1 radical (unpaired) electrons. The molecule has 109 valence electrons. The molecule has 0 N–H and O–H groups in total. The quantitative estimate of drug-likeness (QED) is 0.792. The Bertz CT molecular complexity index is 596. The number of fused-ring (bicyclic) bond motifs is 1. The first-order valence-electron chi connectivity index (χ1n) is 7.21. The van der Waals surface area contributed by atoms with Crippen LogP contribution in [-0.2, 0) is 17.7 Å². The van der Waals surface area contributed by atoms with Crippen molar-refractivity contribution < 1.29 is 9.47 Å². The molecule has 0 spiro atoms. The third-order valence-corrected chi connectivity index (χ3v) is 3.56. The van der Waals surface area contributed by atoms with Gasteiger partial charge in [0, 0.05) is 37.9 Å². The molecule has 0 atom stereocenters. The van der Waals surface area contributed by atoms with Gasteiger partial charge >= 0.3 is 0 Å². The molecule has 0 saturated carbocycles. The molecule has 2 aromatic rings. The van der Waals surface area contributed by atoms with Crippen LogP contribution in [-0.4, -0.2) is 31.9 Å². The maximum absolute atomic E-state index is 5.57. The fourth-order valence-corrected chi connectivity index (χ4v) is 2.40. The van der Waals surface area contributed by atoms with Crippen molar-refractivity contribution in [2.45, 2.75) is 13.0 Å². The lowest BCUT2D eigenvalue weighted by molar-refractivity contribution is 0.146. The molecule has 0 aliphatic carbocycles. The van der Waals surface area contributed by atoms with Gasteiger partial charge < -0.3 is 9.47 Å². The number of rotatable bonds is 5. The molecule has 0 bridgehead atoms. The van der Waals surface area contributed by atoms with E-state index in [-0.39, 0.29) is 0 Å². The molecule has 1 aromatic carbocycles. The first-order valence-corrected chi connectivity index (χ1v) is 7.21. The summed E-state index contributed by atoms with van der Waals surface area (Å²) in [5, 5.41) is 4.40. The number of aromatic nitrogens is 1. The Hall–Kier alpha value is -1.91. The van der Waals surface area contributed by atoms with Gasteiger partial charge in [0.15, 0.2) is 0 Å². The largest absolute Gasteiger partial charge is 0.491 e. The van der Waals surface area contributed by atoms with E-state index in [0.29, 0.717) is 13.2 Å². The van der Waals surface area contributed by atoms with E-state index in [9.17, 15) is 0 Å². The minimum Gasteiger partial charge on any atom is -0.491 e. The average molecular weight is 283 g/mol. The summed E-state index contributed by atoms with van der Waals surface area (Å²) in [5.74, 6) is 0.854. The standard InChI is InChI=1S/C17H19N2O2/c1-20-10-11-21-15-5-2-13(3-6-15)16-7-4-14-12-18-9-8-17(14)19-16/h2-7H,8-12H2,1H3. The Morgan fingerprint density at radius 2 is 1.90 bits per heavy atom. The molecule has 1 aromatic heterocycles. The summed E-state index contributed by atoms with van der Waals surface area (Å²) < 4.78 is 10.5. The molecule has 4 heteroatoms. The molecule has 2 heterocycles. The molecule has 1 aliphatic rings. The summed E-state index contributed by atoms with van der Waals surface area (Å²) in [6.07, 6.45) is 0.946. The number of ether oxygens (including phenoxy) is 2. The van der Waals surface area contributed by atoms with Gasteiger partial charge in [0.2, 0.25) is 0 Å². The van der Waals surface area contributed by atoms with Crippen LogP contribution in [0.2, 0.25) is 0 Å². The number of nitrogens with zero attached hydrogens (tertiary/aromatic N) is 2. The summed E-state index contributed by atoms with van der Waals surface area (Å²) in [6, 6.07) is 12.3. The molecule has 0 fully saturated rings. The molecular weight excluding hydrogens is 264 g/mol. The molecule has 4 nitrogen and oxygen atoms in total. The van der Waals surface area contributed by atoms with Gasteiger partial charge in [-0.15, -0.1) is 0 Å². The van der Waals surface area contributed by atoms with Crippen LogP contribution in [0.3, 0.4) is 0 Å². The minimum absolute atomic E-state index is 0.566. The number of benzene rings is 1. The number of hydrogen-bond donors (Lipinski definition) is 0. The van der Waals surface area contributed by atoms with E-state index < -0.39 is 0 Å². The van der Waals surface area contributed by atoms with E-state index >= 15 is 0 Å².